The number of furan rings is 1. The standard InChI is InChI=1S/C13H18O2/c1-2-13(6-3-4-7-13)12(14)9-11-5-8-15-10-11/h5,8,10H,2-4,6-7,9H2,1H3. The third-order valence-electron chi connectivity index (χ3n) is 3.77. The lowest BCUT2D eigenvalue weighted by atomic mass is 9.77. The van der Waals surface area contributed by atoms with Crippen LogP contribution in [0.3, 0.4) is 0 Å². The van der Waals surface area contributed by atoms with Crippen LogP contribution < -0.4 is 0 Å². The highest BCUT2D eigenvalue weighted by Gasteiger charge is 2.38. The molecule has 15 heavy (non-hydrogen) atoms. The average molecular weight is 206 g/mol. The first kappa shape index (κ1) is 10.5. The summed E-state index contributed by atoms with van der Waals surface area (Å²) in [5.74, 6) is 0.406. The van der Waals surface area contributed by atoms with Gasteiger partial charge in [-0.2, -0.15) is 0 Å². The second-order valence-corrected chi connectivity index (χ2v) is 4.57. The predicted molar refractivity (Wildman–Crippen MR) is 58.6 cm³/mol. The van der Waals surface area contributed by atoms with Crippen LogP contribution >= 0.6 is 0 Å². The number of ketones is 1. The van der Waals surface area contributed by atoms with Crippen molar-refractivity contribution in [2.45, 2.75) is 45.4 Å². The molecule has 2 heteroatoms. The van der Waals surface area contributed by atoms with Crippen molar-refractivity contribution in [2.75, 3.05) is 0 Å². The molecule has 2 rings (SSSR count). The summed E-state index contributed by atoms with van der Waals surface area (Å²) >= 11 is 0. The van der Waals surface area contributed by atoms with Gasteiger partial charge in [-0.05, 0) is 30.9 Å². The fourth-order valence-electron chi connectivity index (χ4n) is 2.65. The first-order chi connectivity index (χ1) is 7.27. The topological polar surface area (TPSA) is 30.2 Å². The van der Waals surface area contributed by atoms with Crippen molar-refractivity contribution in [2.24, 2.45) is 5.41 Å². The molecule has 1 aromatic heterocycles. The third-order valence-corrected chi connectivity index (χ3v) is 3.77. The molecule has 1 aliphatic rings. The van der Waals surface area contributed by atoms with E-state index in [1.165, 1.54) is 12.8 Å². The molecule has 0 amide bonds. The van der Waals surface area contributed by atoms with Gasteiger partial charge in [-0.25, -0.2) is 0 Å². The summed E-state index contributed by atoms with van der Waals surface area (Å²) < 4.78 is 4.99. The van der Waals surface area contributed by atoms with Gasteiger partial charge in [0.1, 0.15) is 5.78 Å². The largest absolute Gasteiger partial charge is 0.472 e. The molecule has 2 nitrogen and oxygen atoms in total. The van der Waals surface area contributed by atoms with Crippen LogP contribution in [0.5, 0.6) is 0 Å². The van der Waals surface area contributed by atoms with Gasteiger partial charge in [0.25, 0.3) is 0 Å². The van der Waals surface area contributed by atoms with Crippen LogP contribution in [-0.2, 0) is 11.2 Å². The fraction of sp³-hybridized carbons (Fsp3) is 0.615. The molecule has 1 fully saturated rings. The first-order valence-electron chi connectivity index (χ1n) is 5.81. The second kappa shape index (κ2) is 4.21. The van der Waals surface area contributed by atoms with Crippen LogP contribution in [0.15, 0.2) is 23.0 Å². The number of carbonyl (C=O) groups is 1. The molecule has 82 valence electrons. The molecule has 0 N–H and O–H groups in total. The van der Waals surface area contributed by atoms with Gasteiger partial charge in [0, 0.05) is 11.8 Å². The fourth-order valence-corrected chi connectivity index (χ4v) is 2.65. The van der Waals surface area contributed by atoms with E-state index < -0.39 is 0 Å². The Bertz CT molecular complexity index is 318. The van der Waals surface area contributed by atoms with Gasteiger partial charge >= 0.3 is 0 Å². The SMILES string of the molecule is CCC1(C(=O)Cc2ccoc2)CCCC1. The van der Waals surface area contributed by atoms with Crippen LogP contribution in [0.4, 0.5) is 0 Å². The number of Topliss-reactive ketones (excluding diaryl/α,β-unsaturated/α-hetero) is 1. The molecular formula is C13H18O2. The van der Waals surface area contributed by atoms with E-state index in [4.69, 9.17) is 4.42 Å². The Kier molecular flexibility index (Phi) is 2.94. The summed E-state index contributed by atoms with van der Waals surface area (Å²) in [6.07, 6.45) is 9.44. The number of rotatable bonds is 4. The molecule has 1 heterocycles. The summed E-state index contributed by atoms with van der Waals surface area (Å²) in [5, 5.41) is 0. The van der Waals surface area contributed by atoms with Crippen LogP contribution in [-0.4, -0.2) is 5.78 Å². The molecule has 0 saturated heterocycles. The van der Waals surface area contributed by atoms with Crippen molar-refractivity contribution in [1.29, 1.82) is 0 Å². The zero-order valence-electron chi connectivity index (χ0n) is 9.29. The Hall–Kier alpha value is -1.05. The van der Waals surface area contributed by atoms with Crippen molar-refractivity contribution < 1.29 is 9.21 Å². The third kappa shape index (κ3) is 1.99. The van der Waals surface area contributed by atoms with E-state index in [0.29, 0.717) is 12.2 Å². The highest BCUT2D eigenvalue weighted by molar-refractivity contribution is 5.86. The van der Waals surface area contributed by atoms with Crippen LogP contribution in [0.25, 0.3) is 0 Å². The molecule has 0 atom stereocenters. The van der Waals surface area contributed by atoms with Crippen molar-refractivity contribution in [3.63, 3.8) is 0 Å². The first-order valence-corrected chi connectivity index (χ1v) is 5.81. The highest BCUT2D eigenvalue weighted by atomic mass is 16.3. The summed E-state index contributed by atoms with van der Waals surface area (Å²) in [6.45, 7) is 2.14. The van der Waals surface area contributed by atoms with Crippen LogP contribution in [0.1, 0.15) is 44.6 Å². The molecular weight excluding hydrogens is 188 g/mol. The molecule has 1 saturated carbocycles. The van der Waals surface area contributed by atoms with E-state index >= 15 is 0 Å². The smallest absolute Gasteiger partial charge is 0.143 e. The lowest BCUT2D eigenvalue weighted by molar-refractivity contribution is -0.128. The van der Waals surface area contributed by atoms with Gasteiger partial charge in [-0.1, -0.05) is 19.8 Å². The van der Waals surface area contributed by atoms with E-state index in [1.54, 1.807) is 12.5 Å². The Morgan fingerprint density at radius 2 is 2.20 bits per heavy atom. The van der Waals surface area contributed by atoms with E-state index in [-0.39, 0.29) is 5.41 Å². The lowest BCUT2D eigenvalue weighted by Gasteiger charge is -2.25. The monoisotopic (exact) mass is 206 g/mol. The number of hydrogen-bond acceptors (Lipinski definition) is 2. The van der Waals surface area contributed by atoms with Gasteiger partial charge in [0.15, 0.2) is 0 Å². The normalized spacial score (nSPS) is 19.3. The molecule has 1 aliphatic carbocycles. The molecule has 0 aromatic carbocycles. The molecule has 0 radical (unpaired) electrons. The summed E-state index contributed by atoms with van der Waals surface area (Å²) in [7, 11) is 0. The maximum atomic E-state index is 12.2. The Labute approximate surface area is 90.7 Å². The minimum absolute atomic E-state index is 0.0166. The minimum atomic E-state index is -0.0166. The van der Waals surface area contributed by atoms with Gasteiger partial charge < -0.3 is 4.42 Å². The Morgan fingerprint density at radius 1 is 1.47 bits per heavy atom. The molecule has 0 bridgehead atoms. The summed E-state index contributed by atoms with van der Waals surface area (Å²) in [5.41, 5.74) is 0.997. The van der Waals surface area contributed by atoms with E-state index in [0.717, 1.165) is 24.8 Å². The van der Waals surface area contributed by atoms with Crippen LogP contribution in [0, 0.1) is 5.41 Å². The second-order valence-electron chi connectivity index (χ2n) is 4.57. The Balaban J connectivity index is 2.06. The van der Waals surface area contributed by atoms with Gasteiger partial charge in [0.05, 0.1) is 12.5 Å². The summed E-state index contributed by atoms with van der Waals surface area (Å²) in [6, 6.07) is 1.89. The van der Waals surface area contributed by atoms with E-state index in [1.807, 2.05) is 6.07 Å². The minimum Gasteiger partial charge on any atom is -0.472 e. The van der Waals surface area contributed by atoms with E-state index in [2.05, 4.69) is 6.92 Å². The average Bonchev–Trinajstić information content (AvgIpc) is 2.87. The van der Waals surface area contributed by atoms with Crippen LogP contribution in [0.2, 0.25) is 0 Å². The highest BCUT2D eigenvalue weighted by Crippen LogP contribution is 2.42. The van der Waals surface area contributed by atoms with Crippen molar-refractivity contribution >= 4 is 5.78 Å². The maximum absolute atomic E-state index is 12.2. The molecule has 1 aromatic rings. The lowest BCUT2D eigenvalue weighted by Crippen LogP contribution is -2.28. The summed E-state index contributed by atoms with van der Waals surface area (Å²) in [4.78, 5) is 12.2. The van der Waals surface area contributed by atoms with Gasteiger partial charge in [0.2, 0.25) is 0 Å². The number of hydrogen-bond donors (Lipinski definition) is 0. The van der Waals surface area contributed by atoms with Crippen molar-refractivity contribution in [3.8, 4) is 0 Å². The zero-order valence-corrected chi connectivity index (χ0v) is 9.29. The number of carbonyl (C=O) groups excluding carboxylic acids is 1. The van der Waals surface area contributed by atoms with Gasteiger partial charge in [-0.15, -0.1) is 0 Å². The van der Waals surface area contributed by atoms with Crippen molar-refractivity contribution in [1.82, 2.24) is 0 Å². The molecule has 0 spiro atoms. The maximum Gasteiger partial charge on any atom is 0.143 e. The quantitative estimate of drug-likeness (QED) is 0.756. The van der Waals surface area contributed by atoms with Gasteiger partial charge in [-0.3, -0.25) is 4.79 Å². The predicted octanol–water partition coefficient (Wildman–Crippen LogP) is 3.36. The zero-order chi connectivity index (χ0) is 10.7. The molecule has 0 aliphatic heterocycles. The van der Waals surface area contributed by atoms with E-state index in [9.17, 15) is 4.79 Å². The Morgan fingerprint density at radius 3 is 2.73 bits per heavy atom. The van der Waals surface area contributed by atoms with Crippen molar-refractivity contribution in [3.05, 3.63) is 24.2 Å². The molecule has 0 unspecified atom stereocenters.